The third-order valence-corrected chi connectivity index (χ3v) is 2.59. The van der Waals surface area contributed by atoms with Crippen molar-refractivity contribution in [1.82, 2.24) is 5.32 Å². The van der Waals surface area contributed by atoms with Crippen LogP contribution in [0.4, 0.5) is 5.69 Å². The maximum absolute atomic E-state index is 9.53. The Labute approximate surface area is 89.5 Å². The Hall–Kier alpha value is -1.42. The Bertz CT molecular complexity index is 335. The average molecular weight is 208 g/mol. The van der Waals surface area contributed by atoms with Gasteiger partial charge in [0.1, 0.15) is 11.5 Å². The van der Waals surface area contributed by atoms with E-state index in [0.717, 1.165) is 31.9 Å². The second-order valence-electron chi connectivity index (χ2n) is 3.63. The van der Waals surface area contributed by atoms with Crippen LogP contribution >= 0.6 is 0 Å². The van der Waals surface area contributed by atoms with E-state index in [9.17, 15) is 5.11 Å². The van der Waals surface area contributed by atoms with Gasteiger partial charge in [0, 0.05) is 50.1 Å². The number of nitrogens with one attached hydrogen (secondary N) is 1. The number of benzene rings is 1. The van der Waals surface area contributed by atoms with Crippen molar-refractivity contribution in [1.29, 1.82) is 0 Å². The minimum atomic E-state index is 0.253. The van der Waals surface area contributed by atoms with Crippen LogP contribution in [0.2, 0.25) is 0 Å². The zero-order chi connectivity index (χ0) is 10.7. The summed E-state index contributed by atoms with van der Waals surface area (Å²) in [7, 11) is 1.61. The molecule has 1 heterocycles. The monoisotopic (exact) mass is 208 g/mol. The van der Waals surface area contributed by atoms with Gasteiger partial charge in [0.2, 0.25) is 0 Å². The molecule has 1 saturated heterocycles. The fraction of sp³-hybridized carbons (Fsp3) is 0.455. The molecule has 0 atom stereocenters. The number of phenolic OH excluding ortho intramolecular Hbond substituents is 1. The van der Waals surface area contributed by atoms with Gasteiger partial charge in [0.25, 0.3) is 0 Å². The molecule has 82 valence electrons. The van der Waals surface area contributed by atoms with Gasteiger partial charge in [-0.25, -0.2) is 0 Å². The minimum Gasteiger partial charge on any atom is -0.508 e. The van der Waals surface area contributed by atoms with Gasteiger partial charge in [-0.15, -0.1) is 0 Å². The topological polar surface area (TPSA) is 44.7 Å². The quantitative estimate of drug-likeness (QED) is 0.755. The lowest BCUT2D eigenvalue weighted by molar-refractivity contribution is 0.407. The predicted molar refractivity (Wildman–Crippen MR) is 59.7 cm³/mol. The Morgan fingerprint density at radius 1 is 1.27 bits per heavy atom. The summed E-state index contributed by atoms with van der Waals surface area (Å²) in [6.07, 6.45) is 0. The highest BCUT2D eigenvalue weighted by atomic mass is 16.5. The standard InChI is InChI=1S/C11H16N2O2/c1-15-11-7-9(6-10(14)8-11)13-4-2-12-3-5-13/h6-8,12,14H,2-5H2,1H3. The summed E-state index contributed by atoms with van der Waals surface area (Å²) in [5.41, 5.74) is 1.02. The van der Waals surface area contributed by atoms with Crippen LogP contribution in [0.3, 0.4) is 0 Å². The first kappa shape index (κ1) is 10.1. The van der Waals surface area contributed by atoms with Gasteiger partial charge in [-0.05, 0) is 0 Å². The van der Waals surface area contributed by atoms with Crippen LogP contribution in [0.5, 0.6) is 11.5 Å². The molecule has 1 aliphatic heterocycles. The van der Waals surface area contributed by atoms with Crippen molar-refractivity contribution in [3.63, 3.8) is 0 Å². The highest BCUT2D eigenvalue weighted by molar-refractivity contribution is 5.55. The fourth-order valence-corrected chi connectivity index (χ4v) is 1.79. The first-order chi connectivity index (χ1) is 7.29. The molecule has 4 heteroatoms. The summed E-state index contributed by atoms with van der Waals surface area (Å²) < 4.78 is 5.12. The van der Waals surface area contributed by atoms with Gasteiger partial charge in [-0.3, -0.25) is 0 Å². The number of hydrogen-bond donors (Lipinski definition) is 2. The number of nitrogens with zero attached hydrogens (tertiary/aromatic N) is 1. The number of methoxy groups -OCH3 is 1. The summed E-state index contributed by atoms with van der Waals surface area (Å²) >= 11 is 0. The van der Waals surface area contributed by atoms with Crippen molar-refractivity contribution in [3.8, 4) is 11.5 Å². The number of piperazine rings is 1. The highest BCUT2D eigenvalue weighted by Gasteiger charge is 2.11. The number of aromatic hydroxyl groups is 1. The molecule has 0 amide bonds. The summed E-state index contributed by atoms with van der Waals surface area (Å²) in [5.74, 6) is 0.950. The summed E-state index contributed by atoms with van der Waals surface area (Å²) in [4.78, 5) is 2.23. The second kappa shape index (κ2) is 4.40. The predicted octanol–water partition coefficient (Wildman–Crippen LogP) is 0.810. The van der Waals surface area contributed by atoms with Crippen molar-refractivity contribution >= 4 is 5.69 Å². The van der Waals surface area contributed by atoms with Gasteiger partial charge in [0.05, 0.1) is 7.11 Å². The SMILES string of the molecule is COc1cc(O)cc(N2CCNCC2)c1. The minimum absolute atomic E-state index is 0.253. The zero-order valence-corrected chi connectivity index (χ0v) is 8.86. The number of ether oxygens (including phenoxy) is 1. The Balaban J connectivity index is 2.22. The van der Waals surface area contributed by atoms with Crippen LogP contribution in [0, 0.1) is 0 Å². The second-order valence-corrected chi connectivity index (χ2v) is 3.63. The molecule has 0 saturated carbocycles. The van der Waals surface area contributed by atoms with E-state index in [1.54, 1.807) is 19.2 Å². The van der Waals surface area contributed by atoms with Crippen LogP contribution in [0.15, 0.2) is 18.2 Å². The van der Waals surface area contributed by atoms with E-state index in [1.165, 1.54) is 0 Å². The van der Waals surface area contributed by atoms with Crippen molar-refractivity contribution in [2.45, 2.75) is 0 Å². The van der Waals surface area contributed by atoms with E-state index < -0.39 is 0 Å². The molecule has 1 aromatic rings. The van der Waals surface area contributed by atoms with Crippen LogP contribution in [-0.4, -0.2) is 38.4 Å². The van der Waals surface area contributed by atoms with E-state index in [0.29, 0.717) is 5.75 Å². The maximum atomic E-state index is 9.53. The molecule has 0 aliphatic carbocycles. The Morgan fingerprint density at radius 2 is 2.00 bits per heavy atom. The molecule has 15 heavy (non-hydrogen) atoms. The maximum Gasteiger partial charge on any atom is 0.124 e. The van der Waals surface area contributed by atoms with Crippen LogP contribution in [0.25, 0.3) is 0 Å². The summed E-state index contributed by atoms with van der Waals surface area (Å²) in [6.45, 7) is 3.90. The van der Waals surface area contributed by atoms with Gasteiger partial charge < -0.3 is 20.1 Å². The molecule has 0 aromatic heterocycles. The molecule has 0 bridgehead atoms. The van der Waals surface area contributed by atoms with E-state index in [1.807, 2.05) is 6.07 Å². The average Bonchev–Trinajstić information content (AvgIpc) is 2.29. The van der Waals surface area contributed by atoms with E-state index in [-0.39, 0.29) is 5.75 Å². The van der Waals surface area contributed by atoms with Gasteiger partial charge in [-0.2, -0.15) is 0 Å². The third kappa shape index (κ3) is 2.33. The van der Waals surface area contributed by atoms with Crippen molar-refractivity contribution in [2.75, 3.05) is 38.2 Å². The Morgan fingerprint density at radius 3 is 2.67 bits per heavy atom. The van der Waals surface area contributed by atoms with E-state index in [4.69, 9.17) is 4.74 Å². The summed E-state index contributed by atoms with van der Waals surface area (Å²) in [5, 5.41) is 12.8. The lowest BCUT2D eigenvalue weighted by atomic mass is 10.2. The molecule has 1 aromatic carbocycles. The van der Waals surface area contributed by atoms with Crippen LogP contribution < -0.4 is 15.0 Å². The molecule has 2 rings (SSSR count). The van der Waals surface area contributed by atoms with Crippen LogP contribution in [0.1, 0.15) is 0 Å². The lowest BCUT2D eigenvalue weighted by Crippen LogP contribution is -2.43. The van der Waals surface area contributed by atoms with E-state index >= 15 is 0 Å². The van der Waals surface area contributed by atoms with Gasteiger partial charge >= 0.3 is 0 Å². The third-order valence-electron chi connectivity index (χ3n) is 2.59. The Kier molecular flexibility index (Phi) is 2.97. The highest BCUT2D eigenvalue weighted by Crippen LogP contribution is 2.27. The number of hydrogen-bond acceptors (Lipinski definition) is 4. The number of phenols is 1. The van der Waals surface area contributed by atoms with Crippen LogP contribution in [-0.2, 0) is 0 Å². The number of anilines is 1. The van der Waals surface area contributed by atoms with Crippen molar-refractivity contribution < 1.29 is 9.84 Å². The number of rotatable bonds is 2. The summed E-state index contributed by atoms with van der Waals surface area (Å²) in [6, 6.07) is 5.34. The molecule has 0 radical (unpaired) electrons. The van der Waals surface area contributed by atoms with Gasteiger partial charge in [0.15, 0.2) is 0 Å². The van der Waals surface area contributed by atoms with Crippen molar-refractivity contribution in [3.05, 3.63) is 18.2 Å². The molecule has 1 aliphatic rings. The largest absolute Gasteiger partial charge is 0.508 e. The van der Waals surface area contributed by atoms with Crippen molar-refractivity contribution in [2.24, 2.45) is 0 Å². The molecule has 4 nitrogen and oxygen atoms in total. The first-order valence-corrected chi connectivity index (χ1v) is 5.13. The molecule has 0 spiro atoms. The molecule has 2 N–H and O–H groups in total. The van der Waals surface area contributed by atoms with E-state index in [2.05, 4.69) is 10.2 Å². The zero-order valence-electron chi connectivity index (χ0n) is 8.86. The molecule has 0 unspecified atom stereocenters. The lowest BCUT2D eigenvalue weighted by Gasteiger charge is -2.29. The molecular formula is C11H16N2O2. The molecule has 1 fully saturated rings. The smallest absolute Gasteiger partial charge is 0.124 e. The van der Waals surface area contributed by atoms with Gasteiger partial charge in [-0.1, -0.05) is 0 Å². The molecular weight excluding hydrogens is 192 g/mol. The fourth-order valence-electron chi connectivity index (χ4n) is 1.79. The first-order valence-electron chi connectivity index (χ1n) is 5.13. The normalized spacial score (nSPS) is 16.5.